The van der Waals surface area contributed by atoms with Gasteiger partial charge in [-0.05, 0) is 13.5 Å². The fourth-order valence-electron chi connectivity index (χ4n) is 0.295. The number of nitrogens with one attached hydrogen (secondary N) is 1. The Morgan fingerprint density at radius 1 is 1.83 bits per heavy atom. The second kappa shape index (κ2) is 3.12. The minimum absolute atomic E-state index is 0.352. The lowest BCUT2D eigenvalue weighted by molar-refractivity contribution is 0.159. The van der Waals surface area contributed by atoms with E-state index >= 15 is 0 Å². The van der Waals surface area contributed by atoms with Crippen molar-refractivity contribution in [1.82, 2.24) is 5.32 Å². The molecule has 0 heterocycles. The van der Waals surface area contributed by atoms with E-state index < -0.39 is 0 Å². The standard InChI is InChI=1S/C4H11NO/c1-3-5-4(2)6/h4-6H,3H2,1-2H3/t4-/m0/s1. The van der Waals surface area contributed by atoms with Gasteiger partial charge in [0.2, 0.25) is 0 Å². The molecule has 0 bridgehead atoms. The summed E-state index contributed by atoms with van der Waals surface area (Å²) in [5.74, 6) is 0. The van der Waals surface area contributed by atoms with Crippen molar-refractivity contribution in [2.24, 2.45) is 0 Å². The fourth-order valence-corrected chi connectivity index (χ4v) is 0.295. The molecule has 0 amide bonds. The Labute approximate surface area is 38.2 Å². The summed E-state index contributed by atoms with van der Waals surface area (Å²) in [7, 11) is 0. The van der Waals surface area contributed by atoms with Gasteiger partial charge in [0.05, 0.1) is 0 Å². The van der Waals surface area contributed by atoms with Crippen LogP contribution in [0.2, 0.25) is 0 Å². The van der Waals surface area contributed by atoms with Gasteiger partial charge >= 0.3 is 0 Å². The van der Waals surface area contributed by atoms with Crippen molar-refractivity contribution in [1.29, 1.82) is 0 Å². The van der Waals surface area contributed by atoms with Crippen molar-refractivity contribution in [2.45, 2.75) is 20.1 Å². The molecule has 0 spiro atoms. The van der Waals surface area contributed by atoms with Gasteiger partial charge in [-0.2, -0.15) is 0 Å². The van der Waals surface area contributed by atoms with Gasteiger partial charge in [-0.3, -0.25) is 5.32 Å². The van der Waals surface area contributed by atoms with Crippen LogP contribution in [0, 0.1) is 0 Å². The zero-order valence-electron chi connectivity index (χ0n) is 4.23. The molecule has 0 fully saturated rings. The molecular weight excluding hydrogens is 78.0 g/mol. The van der Waals surface area contributed by atoms with Crippen LogP contribution in [0.4, 0.5) is 0 Å². The first-order valence-corrected chi connectivity index (χ1v) is 2.18. The van der Waals surface area contributed by atoms with Crippen LogP contribution in [0.3, 0.4) is 0 Å². The number of aliphatic hydroxyl groups is 1. The maximum atomic E-state index is 8.44. The minimum atomic E-state index is -0.352. The summed E-state index contributed by atoms with van der Waals surface area (Å²) >= 11 is 0. The zero-order valence-corrected chi connectivity index (χ0v) is 4.23. The second-order valence-corrected chi connectivity index (χ2v) is 1.23. The van der Waals surface area contributed by atoms with E-state index in [1.54, 1.807) is 6.92 Å². The monoisotopic (exact) mass is 89.1 g/mol. The van der Waals surface area contributed by atoms with Gasteiger partial charge in [-0.1, -0.05) is 6.92 Å². The largest absolute Gasteiger partial charge is 0.379 e. The summed E-state index contributed by atoms with van der Waals surface area (Å²) in [6, 6.07) is 0. The quantitative estimate of drug-likeness (QED) is 0.464. The van der Waals surface area contributed by atoms with Crippen molar-refractivity contribution < 1.29 is 5.11 Å². The van der Waals surface area contributed by atoms with E-state index in [-0.39, 0.29) is 6.23 Å². The number of hydrogen-bond acceptors (Lipinski definition) is 2. The molecular formula is C4H11NO. The van der Waals surface area contributed by atoms with E-state index in [0.29, 0.717) is 0 Å². The van der Waals surface area contributed by atoms with E-state index in [9.17, 15) is 0 Å². The van der Waals surface area contributed by atoms with Crippen LogP contribution >= 0.6 is 0 Å². The Morgan fingerprint density at radius 3 is 2.33 bits per heavy atom. The maximum absolute atomic E-state index is 8.44. The van der Waals surface area contributed by atoms with Gasteiger partial charge < -0.3 is 5.11 Å². The summed E-state index contributed by atoms with van der Waals surface area (Å²) in [4.78, 5) is 0. The molecule has 0 aliphatic rings. The lowest BCUT2D eigenvalue weighted by Gasteiger charge is -2.00. The number of hydrogen-bond donors (Lipinski definition) is 2. The van der Waals surface area contributed by atoms with Gasteiger partial charge in [0.15, 0.2) is 0 Å². The molecule has 0 rings (SSSR count). The van der Waals surface area contributed by atoms with E-state index in [1.807, 2.05) is 6.92 Å². The maximum Gasteiger partial charge on any atom is 0.102 e. The first-order chi connectivity index (χ1) is 2.77. The molecule has 2 N–H and O–H groups in total. The van der Waals surface area contributed by atoms with Crippen LogP contribution in [0.25, 0.3) is 0 Å². The molecule has 38 valence electrons. The predicted molar refractivity (Wildman–Crippen MR) is 25.4 cm³/mol. The summed E-state index contributed by atoms with van der Waals surface area (Å²) in [5, 5.41) is 11.2. The van der Waals surface area contributed by atoms with Crippen molar-refractivity contribution in [2.75, 3.05) is 6.54 Å². The van der Waals surface area contributed by atoms with Crippen molar-refractivity contribution in [3.63, 3.8) is 0 Å². The molecule has 0 radical (unpaired) electrons. The Morgan fingerprint density at radius 2 is 2.33 bits per heavy atom. The minimum Gasteiger partial charge on any atom is -0.379 e. The Kier molecular flexibility index (Phi) is 3.08. The van der Waals surface area contributed by atoms with E-state index in [2.05, 4.69) is 5.32 Å². The molecule has 0 aromatic rings. The SMILES string of the molecule is CCN[C@H](C)O. The van der Waals surface area contributed by atoms with Crippen LogP contribution in [0.1, 0.15) is 13.8 Å². The third kappa shape index (κ3) is 3.92. The second-order valence-electron chi connectivity index (χ2n) is 1.23. The average Bonchev–Trinajstić information content (AvgIpc) is 1.35. The third-order valence-corrected chi connectivity index (χ3v) is 0.500. The number of rotatable bonds is 2. The summed E-state index contributed by atoms with van der Waals surface area (Å²) in [6.07, 6.45) is -0.352. The van der Waals surface area contributed by atoms with Gasteiger partial charge in [0, 0.05) is 0 Å². The van der Waals surface area contributed by atoms with Crippen molar-refractivity contribution in [3.05, 3.63) is 0 Å². The average molecular weight is 89.1 g/mol. The van der Waals surface area contributed by atoms with Gasteiger partial charge in [-0.25, -0.2) is 0 Å². The molecule has 0 saturated heterocycles. The molecule has 2 heteroatoms. The predicted octanol–water partition coefficient (Wildman–Crippen LogP) is -0.0658. The normalized spacial score (nSPS) is 14.5. The Balaban J connectivity index is 2.63. The molecule has 0 unspecified atom stereocenters. The van der Waals surface area contributed by atoms with E-state index in [1.165, 1.54) is 0 Å². The molecule has 0 aromatic heterocycles. The van der Waals surface area contributed by atoms with Crippen LogP contribution in [0.5, 0.6) is 0 Å². The lowest BCUT2D eigenvalue weighted by atomic mass is 10.6. The molecule has 0 aliphatic carbocycles. The highest BCUT2D eigenvalue weighted by Crippen LogP contribution is 1.65. The highest BCUT2D eigenvalue weighted by Gasteiger charge is 1.83. The lowest BCUT2D eigenvalue weighted by Crippen LogP contribution is -2.24. The van der Waals surface area contributed by atoms with Gasteiger partial charge in [0.25, 0.3) is 0 Å². The zero-order chi connectivity index (χ0) is 4.99. The van der Waals surface area contributed by atoms with E-state index in [0.717, 1.165) is 6.54 Å². The molecule has 0 aliphatic heterocycles. The van der Waals surface area contributed by atoms with Crippen LogP contribution in [-0.4, -0.2) is 17.9 Å². The van der Waals surface area contributed by atoms with Crippen molar-refractivity contribution >= 4 is 0 Å². The highest BCUT2D eigenvalue weighted by atomic mass is 16.3. The first kappa shape index (κ1) is 5.92. The summed E-state index contributed by atoms with van der Waals surface area (Å²) < 4.78 is 0. The fraction of sp³-hybridized carbons (Fsp3) is 1.00. The van der Waals surface area contributed by atoms with Crippen LogP contribution in [-0.2, 0) is 0 Å². The molecule has 6 heavy (non-hydrogen) atoms. The van der Waals surface area contributed by atoms with Gasteiger partial charge in [0.1, 0.15) is 6.23 Å². The molecule has 0 saturated carbocycles. The summed E-state index contributed by atoms with van der Waals surface area (Å²) in [5.41, 5.74) is 0. The van der Waals surface area contributed by atoms with Crippen LogP contribution in [0.15, 0.2) is 0 Å². The van der Waals surface area contributed by atoms with Gasteiger partial charge in [-0.15, -0.1) is 0 Å². The Hall–Kier alpha value is -0.0800. The Bertz CT molecular complexity index is 28.7. The molecule has 1 atom stereocenters. The summed E-state index contributed by atoms with van der Waals surface area (Å²) in [6.45, 7) is 4.48. The highest BCUT2D eigenvalue weighted by molar-refractivity contribution is 4.36. The first-order valence-electron chi connectivity index (χ1n) is 2.18. The molecule has 2 nitrogen and oxygen atoms in total. The topological polar surface area (TPSA) is 32.3 Å². The molecule has 0 aromatic carbocycles. The van der Waals surface area contributed by atoms with Crippen molar-refractivity contribution in [3.8, 4) is 0 Å². The van der Waals surface area contributed by atoms with Crippen LogP contribution < -0.4 is 5.32 Å². The third-order valence-electron chi connectivity index (χ3n) is 0.500. The smallest absolute Gasteiger partial charge is 0.102 e. The number of aliphatic hydroxyl groups excluding tert-OH is 1. The van der Waals surface area contributed by atoms with E-state index in [4.69, 9.17) is 5.11 Å².